The van der Waals surface area contributed by atoms with Crippen LogP contribution in [0.1, 0.15) is 12.8 Å². The van der Waals surface area contributed by atoms with Crippen LogP contribution >= 0.6 is 0 Å². The van der Waals surface area contributed by atoms with E-state index in [1.165, 1.54) is 0 Å². The van der Waals surface area contributed by atoms with Gasteiger partial charge in [0.05, 0.1) is 24.8 Å². The monoisotopic (exact) mass is 338 g/mol. The van der Waals surface area contributed by atoms with Crippen LogP contribution in [0.25, 0.3) is 0 Å². The van der Waals surface area contributed by atoms with Gasteiger partial charge in [-0.3, -0.25) is 9.59 Å². The second kappa shape index (κ2) is 20.8. The Labute approximate surface area is 171 Å². The molecule has 0 atom stereocenters. The molecule has 0 saturated carbocycles. The van der Waals surface area contributed by atoms with Crippen molar-refractivity contribution in [1.82, 2.24) is 10.6 Å². The molecule has 0 aliphatic rings. The number of aliphatic carboxylic acids is 4. The third kappa shape index (κ3) is 36.7. The summed E-state index contributed by atoms with van der Waals surface area (Å²) in [5.41, 5.74) is 0. The predicted molar refractivity (Wildman–Crippen MR) is 60.3 cm³/mol. The van der Waals surface area contributed by atoms with Gasteiger partial charge in [-0.25, -0.2) is 0 Å². The largest absolute Gasteiger partial charge is 1.00 e. The van der Waals surface area contributed by atoms with Gasteiger partial charge in [-0.1, -0.05) is 0 Å². The normalized spacial score (nSPS) is 8.36. The van der Waals surface area contributed by atoms with Crippen LogP contribution in [0.4, 0.5) is 0 Å². The summed E-state index contributed by atoms with van der Waals surface area (Å²) in [5.74, 6) is -4.37. The van der Waals surface area contributed by atoms with Crippen LogP contribution < -0.4 is 80.0 Å². The molecule has 0 fully saturated rings. The molecule has 0 aliphatic heterocycles. The van der Waals surface area contributed by atoms with Crippen molar-refractivity contribution in [3.8, 4) is 0 Å². The van der Waals surface area contributed by atoms with Crippen molar-refractivity contribution in [2.45, 2.75) is 12.8 Å². The Morgan fingerprint density at radius 2 is 1.00 bits per heavy atom. The van der Waals surface area contributed by atoms with Gasteiger partial charge in [0.15, 0.2) is 0 Å². The van der Waals surface area contributed by atoms with Crippen LogP contribution in [-0.4, -0.2) is 60.3 Å². The van der Waals surface area contributed by atoms with Crippen LogP contribution in [0, 0.1) is 0 Å². The molecule has 0 bridgehead atoms. The maximum atomic E-state index is 9.84. The molecule has 0 heterocycles. The number of rotatable bonds is 10. The fourth-order valence-electron chi connectivity index (χ4n) is 0.772. The van der Waals surface area contributed by atoms with E-state index in [0.29, 0.717) is 0 Å². The third-order valence-electron chi connectivity index (χ3n) is 1.57. The number of carbonyl (C=O) groups is 4. The van der Waals surface area contributed by atoms with Crippen LogP contribution in [0.2, 0.25) is 0 Å². The number of carbonyl (C=O) groups excluding carboxylic acids is 2. The first kappa shape index (κ1) is 29.8. The SMILES string of the molecule is O=C([O-])CNCCC(=O)O.O=C([O-])CNCCC(=O)O.[Na+].[Na+]. The van der Waals surface area contributed by atoms with E-state index in [2.05, 4.69) is 10.6 Å². The third-order valence-corrected chi connectivity index (χ3v) is 1.57. The smallest absolute Gasteiger partial charge is 0.549 e. The summed E-state index contributed by atoms with van der Waals surface area (Å²) in [6, 6.07) is 0. The molecule has 0 aliphatic carbocycles. The van der Waals surface area contributed by atoms with Gasteiger partial charge < -0.3 is 40.6 Å². The summed E-state index contributed by atoms with van der Waals surface area (Å²) in [4.78, 5) is 39.1. The first-order chi connectivity index (χ1) is 9.25. The van der Waals surface area contributed by atoms with E-state index in [1.54, 1.807) is 0 Å². The van der Waals surface area contributed by atoms with Crippen molar-refractivity contribution in [3.05, 3.63) is 0 Å². The standard InChI is InChI=1S/2C5H9NO4.2Na/c2*7-4(8)1-2-6-3-5(9)10;;/h2*6H,1-3H2,(H,7,8)(H,9,10);;/q;;2*+1/p-2. The maximum Gasteiger partial charge on any atom is 1.00 e. The zero-order valence-electron chi connectivity index (χ0n) is 12.6. The van der Waals surface area contributed by atoms with Gasteiger partial charge in [0.2, 0.25) is 0 Å². The van der Waals surface area contributed by atoms with Crippen LogP contribution in [0.3, 0.4) is 0 Å². The molecule has 0 saturated heterocycles. The van der Waals surface area contributed by atoms with Crippen LogP contribution in [0.5, 0.6) is 0 Å². The summed E-state index contributed by atoms with van der Waals surface area (Å²) in [5, 5.41) is 40.3. The van der Waals surface area contributed by atoms with Gasteiger partial charge in [-0.15, -0.1) is 0 Å². The summed E-state index contributed by atoms with van der Waals surface area (Å²) < 4.78 is 0. The summed E-state index contributed by atoms with van der Waals surface area (Å²) in [6.07, 6.45) is -0.152. The molecular weight excluding hydrogens is 322 g/mol. The molecule has 12 heteroatoms. The van der Waals surface area contributed by atoms with E-state index >= 15 is 0 Å². The van der Waals surface area contributed by atoms with E-state index < -0.39 is 23.9 Å². The molecule has 0 aromatic heterocycles. The predicted octanol–water partition coefficient (Wildman–Crippen LogP) is -10.4. The Morgan fingerprint density at radius 3 is 1.18 bits per heavy atom. The molecule has 4 N–H and O–H groups in total. The topological polar surface area (TPSA) is 179 Å². The Bertz CT molecular complexity index is 277. The van der Waals surface area contributed by atoms with Gasteiger partial charge in [0.25, 0.3) is 0 Å². The van der Waals surface area contributed by atoms with Crippen molar-refractivity contribution in [2.75, 3.05) is 26.2 Å². The summed E-state index contributed by atoms with van der Waals surface area (Å²) in [7, 11) is 0. The van der Waals surface area contributed by atoms with Crippen molar-refractivity contribution >= 4 is 23.9 Å². The van der Waals surface area contributed by atoms with E-state index in [9.17, 15) is 29.4 Å². The molecule has 22 heavy (non-hydrogen) atoms. The second-order valence-corrected chi connectivity index (χ2v) is 3.39. The van der Waals surface area contributed by atoms with Gasteiger partial charge in [0.1, 0.15) is 0 Å². The van der Waals surface area contributed by atoms with Crippen molar-refractivity contribution in [3.63, 3.8) is 0 Å². The Kier molecular flexibility index (Phi) is 28.1. The number of hydrogen-bond donors (Lipinski definition) is 4. The first-order valence-corrected chi connectivity index (χ1v) is 5.50. The molecule has 0 spiro atoms. The van der Waals surface area contributed by atoms with Gasteiger partial charge >= 0.3 is 71.1 Å². The van der Waals surface area contributed by atoms with Crippen molar-refractivity contribution in [1.29, 1.82) is 0 Å². The Hall–Kier alpha value is -0.200. The minimum atomic E-state index is -1.23. The first-order valence-electron chi connectivity index (χ1n) is 5.50. The minimum Gasteiger partial charge on any atom is -0.549 e. The van der Waals surface area contributed by atoms with E-state index in [4.69, 9.17) is 10.2 Å². The van der Waals surface area contributed by atoms with Crippen molar-refractivity contribution < 1.29 is 98.7 Å². The number of carboxylic acids is 4. The molecule has 0 unspecified atom stereocenters. The summed E-state index contributed by atoms with van der Waals surface area (Å²) >= 11 is 0. The quantitative estimate of drug-likeness (QED) is 0.221. The maximum absolute atomic E-state index is 9.84. The zero-order valence-corrected chi connectivity index (χ0v) is 16.6. The molecule has 0 radical (unpaired) electrons. The average molecular weight is 338 g/mol. The molecule has 0 aromatic rings. The molecule has 0 amide bonds. The van der Waals surface area contributed by atoms with E-state index in [1.807, 2.05) is 0 Å². The Balaban J connectivity index is -0.000000135. The second-order valence-electron chi connectivity index (χ2n) is 3.39. The van der Waals surface area contributed by atoms with Crippen LogP contribution in [0.15, 0.2) is 0 Å². The molecular formula is C10H16N2Na2O8. The molecule has 10 nitrogen and oxygen atoms in total. The number of carboxylic acid groups (broad SMARTS) is 4. The average Bonchev–Trinajstić information content (AvgIpc) is 2.30. The zero-order chi connectivity index (χ0) is 16.0. The summed E-state index contributed by atoms with van der Waals surface area (Å²) in [6.45, 7) is -0.285. The van der Waals surface area contributed by atoms with Crippen molar-refractivity contribution in [2.24, 2.45) is 0 Å². The van der Waals surface area contributed by atoms with E-state index in [-0.39, 0.29) is 98.1 Å². The fraction of sp³-hybridized carbons (Fsp3) is 0.600. The van der Waals surface area contributed by atoms with Gasteiger partial charge in [-0.05, 0) is 0 Å². The number of nitrogens with one attached hydrogen (secondary N) is 2. The molecule has 0 aromatic carbocycles. The number of hydrogen-bond acceptors (Lipinski definition) is 8. The molecule has 0 rings (SSSR count). The Morgan fingerprint density at radius 1 is 0.727 bits per heavy atom. The van der Waals surface area contributed by atoms with Gasteiger partial charge in [-0.2, -0.15) is 0 Å². The van der Waals surface area contributed by atoms with Crippen LogP contribution in [-0.2, 0) is 19.2 Å². The van der Waals surface area contributed by atoms with Gasteiger partial charge in [0, 0.05) is 26.2 Å². The fourth-order valence-corrected chi connectivity index (χ4v) is 0.772. The minimum absolute atomic E-state index is 0. The molecule has 116 valence electrons. The van der Waals surface area contributed by atoms with E-state index in [0.717, 1.165) is 0 Å².